The Morgan fingerprint density at radius 1 is 0.774 bits per heavy atom. The molecule has 2 fully saturated rings. The minimum absolute atomic E-state index is 0.127. The molecule has 11 heteroatoms. The molecule has 0 aromatic rings. The summed E-state index contributed by atoms with van der Waals surface area (Å²) in [5.74, 6) is -0.127. The summed E-state index contributed by atoms with van der Waals surface area (Å²) in [6, 6.07) is 0. The van der Waals surface area contributed by atoms with E-state index in [4.69, 9.17) is 14.2 Å². The van der Waals surface area contributed by atoms with Gasteiger partial charge in [-0.15, -0.1) is 0 Å². The summed E-state index contributed by atoms with van der Waals surface area (Å²) in [6.07, 6.45) is -10.5. The molecular formula is C20H36O11. The smallest absolute Gasteiger partial charge is 0.187 e. The minimum atomic E-state index is -1.72. The van der Waals surface area contributed by atoms with Crippen molar-refractivity contribution in [3.63, 3.8) is 0 Å². The molecule has 0 amide bonds. The van der Waals surface area contributed by atoms with Crippen LogP contribution in [0.3, 0.4) is 0 Å². The van der Waals surface area contributed by atoms with Gasteiger partial charge in [-0.2, -0.15) is 0 Å². The number of unbranched alkanes of at least 4 members (excludes halogenated alkanes) is 3. The van der Waals surface area contributed by atoms with Crippen molar-refractivity contribution in [3.05, 3.63) is 0 Å². The number of hydrogen-bond donors (Lipinski definition) is 7. The number of Topliss-reactive ketones (excluding diaryl/α,β-unsaturated/α-hetero) is 1. The Bertz CT molecular complexity index is 543. The van der Waals surface area contributed by atoms with E-state index in [0.29, 0.717) is 6.42 Å². The van der Waals surface area contributed by atoms with E-state index in [1.165, 1.54) is 0 Å². The Morgan fingerprint density at radius 3 is 2.03 bits per heavy atom. The zero-order valence-corrected chi connectivity index (χ0v) is 17.7. The second-order valence-electron chi connectivity index (χ2n) is 8.23. The van der Waals surface area contributed by atoms with Crippen LogP contribution in [0.4, 0.5) is 0 Å². The van der Waals surface area contributed by atoms with Gasteiger partial charge >= 0.3 is 0 Å². The highest BCUT2D eigenvalue weighted by Crippen LogP contribution is 2.30. The van der Waals surface area contributed by atoms with Crippen LogP contribution in [-0.4, -0.2) is 116 Å². The number of aliphatic hydroxyl groups excluding tert-OH is 7. The molecule has 182 valence electrons. The number of carbonyl (C=O) groups excluding carboxylic acids is 1. The van der Waals surface area contributed by atoms with E-state index in [-0.39, 0.29) is 12.2 Å². The molecule has 2 aliphatic heterocycles. The average molecular weight is 452 g/mol. The molecule has 0 aromatic carbocycles. The van der Waals surface area contributed by atoms with Gasteiger partial charge in [-0.1, -0.05) is 26.2 Å². The van der Waals surface area contributed by atoms with Crippen molar-refractivity contribution >= 4 is 5.78 Å². The van der Waals surface area contributed by atoms with Crippen LogP contribution in [0.15, 0.2) is 0 Å². The highest BCUT2D eigenvalue weighted by molar-refractivity contribution is 5.78. The van der Waals surface area contributed by atoms with Crippen molar-refractivity contribution in [2.24, 2.45) is 0 Å². The molecule has 2 rings (SSSR count). The predicted octanol–water partition coefficient (Wildman–Crippen LogP) is -2.42. The normalized spacial score (nSPS) is 41.3. The topological polar surface area (TPSA) is 186 Å². The molecule has 0 unspecified atom stereocenters. The van der Waals surface area contributed by atoms with E-state index in [1.54, 1.807) is 0 Å². The van der Waals surface area contributed by atoms with Crippen LogP contribution in [0.25, 0.3) is 0 Å². The van der Waals surface area contributed by atoms with Gasteiger partial charge < -0.3 is 50.0 Å². The lowest BCUT2D eigenvalue weighted by atomic mass is 9.91. The molecule has 11 nitrogen and oxygen atoms in total. The van der Waals surface area contributed by atoms with Crippen molar-refractivity contribution in [2.75, 3.05) is 13.2 Å². The maximum Gasteiger partial charge on any atom is 0.187 e. The number of aliphatic hydroxyl groups is 7. The second-order valence-corrected chi connectivity index (χ2v) is 8.23. The summed E-state index contributed by atoms with van der Waals surface area (Å²) < 4.78 is 16.3. The summed E-state index contributed by atoms with van der Waals surface area (Å²) >= 11 is 0. The van der Waals surface area contributed by atoms with Gasteiger partial charge in [0.05, 0.1) is 19.3 Å². The van der Waals surface area contributed by atoms with Crippen molar-refractivity contribution < 1.29 is 54.8 Å². The Labute approximate surface area is 181 Å². The van der Waals surface area contributed by atoms with Crippen molar-refractivity contribution in [3.8, 4) is 0 Å². The van der Waals surface area contributed by atoms with Gasteiger partial charge in [0.2, 0.25) is 0 Å². The Morgan fingerprint density at radius 2 is 1.42 bits per heavy atom. The fraction of sp³-hybridized carbons (Fsp3) is 0.950. The second kappa shape index (κ2) is 12.5. The van der Waals surface area contributed by atoms with Gasteiger partial charge in [0.25, 0.3) is 0 Å². The fourth-order valence-corrected chi connectivity index (χ4v) is 3.91. The van der Waals surface area contributed by atoms with Gasteiger partial charge in [0.1, 0.15) is 54.6 Å². The largest absolute Gasteiger partial charge is 0.394 e. The first kappa shape index (κ1) is 26.5. The van der Waals surface area contributed by atoms with Gasteiger partial charge in [-0.3, -0.25) is 4.79 Å². The van der Waals surface area contributed by atoms with E-state index in [1.807, 2.05) is 0 Å². The maximum atomic E-state index is 12.2. The van der Waals surface area contributed by atoms with Gasteiger partial charge in [0, 0.05) is 12.8 Å². The Balaban J connectivity index is 1.99. The molecule has 2 saturated heterocycles. The van der Waals surface area contributed by atoms with E-state index < -0.39 is 74.4 Å². The van der Waals surface area contributed by atoms with Crippen LogP contribution < -0.4 is 0 Å². The van der Waals surface area contributed by atoms with E-state index >= 15 is 0 Å². The van der Waals surface area contributed by atoms with Crippen LogP contribution in [0.5, 0.6) is 0 Å². The number of ether oxygens (including phenoxy) is 3. The molecule has 0 aromatic heterocycles. The third-order valence-electron chi connectivity index (χ3n) is 5.84. The molecule has 0 aliphatic carbocycles. The third-order valence-corrected chi connectivity index (χ3v) is 5.84. The molecule has 7 N–H and O–H groups in total. The molecule has 2 aliphatic rings. The van der Waals surface area contributed by atoms with Crippen LogP contribution in [0, 0.1) is 0 Å². The zero-order valence-electron chi connectivity index (χ0n) is 17.7. The van der Waals surface area contributed by atoms with Crippen LogP contribution >= 0.6 is 0 Å². The lowest BCUT2D eigenvalue weighted by Crippen LogP contribution is -2.64. The fourth-order valence-electron chi connectivity index (χ4n) is 3.91. The molecular weight excluding hydrogens is 416 g/mol. The molecule has 31 heavy (non-hydrogen) atoms. The highest BCUT2D eigenvalue weighted by atomic mass is 16.7. The first-order valence-electron chi connectivity index (χ1n) is 10.8. The molecule has 0 spiro atoms. The standard InChI is InChI=1S/C20H36O11/c1-2-3-4-5-6-10(23)7-11-14(24)17(27)19(13(9-22)29-11)31-20-18(28)16(26)15(25)12(8-21)30-20/h11-22,24-28H,2-9H2,1H3/t11-,12-,13-,14+,15-,16+,17-,18-,19-,20+/m1/s1. The van der Waals surface area contributed by atoms with Crippen molar-refractivity contribution in [1.82, 2.24) is 0 Å². The number of rotatable bonds is 11. The summed E-state index contributed by atoms with van der Waals surface area (Å²) in [6.45, 7) is 0.781. The molecule has 0 saturated carbocycles. The van der Waals surface area contributed by atoms with Crippen LogP contribution in [0.1, 0.15) is 45.4 Å². The van der Waals surface area contributed by atoms with Crippen LogP contribution in [0.2, 0.25) is 0 Å². The lowest BCUT2D eigenvalue weighted by molar-refractivity contribution is -0.341. The van der Waals surface area contributed by atoms with E-state index in [0.717, 1.165) is 25.7 Å². The molecule has 0 radical (unpaired) electrons. The van der Waals surface area contributed by atoms with Crippen molar-refractivity contribution in [2.45, 2.75) is 107 Å². The average Bonchev–Trinajstić information content (AvgIpc) is 2.76. The summed E-state index contributed by atoms with van der Waals surface area (Å²) in [4.78, 5) is 12.2. The Kier molecular flexibility index (Phi) is 10.7. The van der Waals surface area contributed by atoms with Gasteiger partial charge in [-0.05, 0) is 6.42 Å². The monoisotopic (exact) mass is 452 g/mol. The summed E-state index contributed by atoms with van der Waals surface area (Å²) in [5, 5.41) is 69.8. The predicted molar refractivity (Wildman–Crippen MR) is 105 cm³/mol. The molecule has 10 atom stereocenters. The highest BCUT2D eigenvalue weighted by Gasteiger charge is 2.50. The van der Waals surface area contributed by atoms with E-state index in [9.17, 15) is 40.5 Å². The Hall–Kier alpha value is -0.730. The lowest BCUT2D eigenvalue weighted by Gasteiger charge is -2.46. The number of hydrogen-bond acceptors (Lipinski definition) is 11. The first-order valence-corrected chi connectivity index (χ1v) is 10.8. The number of carbonyl (C=O) groups is 1. The van der Waals surface area contributed by atoms with Crippen LogP contribution in [-0.2, 0) is 19.0 Å². The quantitative estimate of drug-likeness (QED) is 0.165. The van der Waals surface area contributed by atoms with Gasteiger partial charge in [-0.25, -0.2) is 0 Å². The maximum absolute atomic E-state index is 12.2. The minimum Gasteiger partial charge on any atom is -0.394 e. The zero-order chi connectivity index (χ0) is 23.1. The van der Waals surface area contributed by atoms with Gasteiger partial charge in [0.15, 0.2) is 6.29 Å². The molecule has 0 bridgehead atoms. The summed E-state index contributed by atoms with van der Waals surface area (Å²) in [7, 11) is 0. The first-order chi connectivity index (χ1) is 14.7. The SMILES string of the molecule is CCCCCCC(=O)C[C@H]1O[C@H](CO)[C@@H](O[C@@H]2O[C@H](CO)[C@@H](O)[C@H](O)[C@H]2O)[C@H](O)[C@H]1O. The summed E-state index contributed by atoms with van der Waals surface area (Å²) in [5.41, 5.74) is 0. The molecule has 2 heterocycles. The van der Waals surface area contributed by atoms with E-state index in [2.05, 4.69) is 6.92 Å². The third kappa shape index (κ3) is 6.64. The van der Waals surface area contributed by atoms with Crippen molar-refractivity contribution in [1.29, 1.82) is 0 Å². The number of ketones is 1.